The van der Waals surface area contributed by atoms with E-state index < -0.39 is 10.0 Å². The van der Waals surface area contributed by atoms with Crippen molar-refractivity contribution in [1.82, 2.24) is 9.21 Å². The summed E-state index contributed by atoms with van der Waals surface area (Å²) < 4.78 is 38.3. The molecule has 0 radical (unpaired) electrons. The summed E-state index contributed by atoms with van der Waals surface area (Å²) in [7, 11) is -3.48. The fourth-order valence-electron chi connectivity index (χ4n) is 4.22. The van der Waals surface area contributed by atoms with Gasteiger partial charge in [-0.05, 0) is 35.9 Å². The molecule has 2 aliphatic heterocycles. The van der Waals surface area contributed by atoms with Crippen LogP contribution in [0, 0.1) is 17.7 Å². The highest BCUT2D eigenvalue weighted by Crippen LogP contribution is 2.43. The summed E-state index contributed by atoms with van der Waals surface area (Å²) in [4.78, 5) is 14.0. The molecule has 2 aromatic rings. The fraction of sp³-hybridized carbons (Fsp3) is 0.318. The molecule has 1 amide bonds. The van der Waals surface area contributed by atoms with Crippen molar-refractivity contribution in [2.24, 2.45) is 0 Å². The monoisotopic (exact) mass is 428 g/mol. The molecule has 30 heavy (non-hydrogen) atoms. The van der Waals surface area contributed by atoms with Gasteiger partial charge in [-0.25, -0.2) is 12.8 Å². The Kier molecular flexibility index (Phi) is 5.36. The Morgan fingerprint density at radius 1 is 1.13 bits per heavy atom. The van der Waals surface area contributed by atoms with E-state index in [4.69, 9.17) is 0 Å². The molecule has 3 atom stereocenters. The average Bonchev–Trinajstić information content (AvgIpc) is 2.68. The molecule has 0 bridgehead atoms. The van der Waals surface area contributed by atoms with E-state index >= 15 is 0 Å². The quantitative estimate of drug-likeness (QED) is 0.745. The summed E-state index contributed by atoms with van der Waals surface area (Å²) in [6.45, 7) is -0.160. The van der Waals surface area contributed by atoms with Crippen molar-refractivity contribution in [3.8, 4) is 11.8 Å². The number of amides is 1. The maximum absolute atomic E-state index is 13.3. The standard InChI is InChI=1S/C22H21FN2O4S/c1-30(28,29)24-12-19-22(20(14-26)25(19)21(27)13-24)17-9-7-15(8-10-17)5-6-16-3-2-4-18(23)11-16/h2-4,7-11,19-20,22,26H,12-14H2,1H3/t19-,20-,22+/m0/s1. The fourth-order valence-corrected chi connectivity index (χ4v) is 4.99. The SMILES string of the molecule is CS(=O)(=O)N1CC(=O)N2[C@@H](CO)[C@H](c3ccc(C#Cc4cccc(F)c4)cc3)[C@@H]2C1. The Bertz CT molecular complexity index is 1140. The lowest BCUT2D eigenvalue weighted by Crippen LogP contribution is -2.73. The number of hydrogen-bond acceptors (Lipinski definition) is 4. The van der Waals surface area contributed by atoms with Crippen molar-refractivity contribution in [1.29, 1.82) is 0 Å². The minimum absolute atomic E-state index is 0.159. The highest BCUT2D eigenvalue weighted by molar-refractivity contribution is 7.88. The first-order chi connectivity index (χ1) is 14.3. The normalized spacial score (nSPS) is 23.9. The molecule has 2 aromatic carbocycles. The molecule has 6 nitrogen and oxygen atoms in total. The van der Waals surface area contributed by atoms with Gasteiger partial charge in [0.15, 0.2) is 0 Å². The molecule has 0 saturated carbocycles. The van der Waals surface area contributed by atoms with Gasteiger partial charge in [0, 0.05) is 23.6 Å². The number of hydrogen-bond donors (Lipinski definition) is 1. The van der Waals surface area contributed by atoms with E-state index in [-0.39, 0.29) is 49.4 Å². The van der Waals surface area contributed by atoms with Crippen molar-refractivity contribution in [2.45, 2.75) is 18.0 Å². The van der Waals surface area contributed by atoms with Gasteiger partial charge in [-0.15, -0.1) is 0 Å². The van der Waals surface area contributed by atoms with Crippen molar-refractivity contribution >= 4 is 15.9 Å². The summed E-state index contributed by atoms with van der Waals surface area (Å²) in [6, 6.07) is 12.8. The third kappa shape index (κ3) is 3.84. The lowest BCUT2D eigenvalue weighted by molar-refractivity contribution is -0.158. The van der Waals surface area contributed by atoms with Crippen LogP contribution in [0.25, 0.3) is 0 Å². The zero-order chi connectivity index (χ0) is 21.5. The van der Waals surface area contributed by atoms with E-state index in [2.05, 4.69) is 11.8 Å². The Labute approximate surface area is 175 Å². The van der Waals surface area contributed by atoms with Crippen LogP contribution in [0.1, 0.15) is 22.6 Å². The van der Waals surface area contributed by atoms with E-state index in [1.54, 1.807) is 17.0 Å². The molecule has 0 spiro atoms. The number of rotatable bonds is 3. The highest BCUT2D eigenvalue weighted by Gasteiger charge is 2.54. The summed E-state index contributed by atoms with van der Waals surface area (Å²) in [5.74, 6) is 5.12. The second kappa shape index (κ2) is 7.84. The number of halogens is 1. The molecule has 0 unspecified atom stereocenters. The number of carbonyl (C=O) groups is 1. The van der Waals surface area contributed by atoms with E-state index in [1.165, 1.54) is 16.4 Å². The molecule has 0 aliphatic carbocycles. The predicted octanol–water partition coefficient (Wildman–Crippen LogP) is 1.16. The van der Waals surface area contributed by atoms with Gasteiger partial charge in [-0.3, -0.25) is 4.79 Å². The Morgan fingerprint density at radius 2 is 1.83 bits per heavy atom. The van der Waals surface area contributed by atoms with Gasteiger partial charge in [-0.2, -0.15) is 4.31 Å². The van der Waals surface area contributed by atoms with Crippen molar-refractivity contribution < 1.29 is 22.7 Å². The minimum atomic E-state index is -3.48. The molecule has 2 aliphatic rings. The van der Waals surface area contributed by atoms with E-state index in [1.807, 2.05) is 24.3 Å². The molecule has 2 heterocycles. The highest BCUT2D eigenvalue weighted by atomic mass is 32.2. The lowest BCUT2D eigenvalue weighted by atomic mass is 9.74. The minimum Gasteiger partial charge on any atom is -0.394 e. The van der Waals surface area contributed by atoms with Gasteiger partial charge >= 0.3 is 0 Å². The van der Waals surface area contributed by atoms with Gasteiger partial charge in [0.2, 0.25) is 15.9 Å². The van der Waals surface area contributed by atoms with Crippen LogP contribution in [-0.4, -0.2) is 66.7 Å². The van der Waals surface area contributed by atoms with Crippen LogP contribution in [0.3, 0.4) is 0 Å². The van der Waals surface area contributed by atoms with Crippen LogP contribution in [0.2, 0.25) is 0 Å². The van der Waals surface area contributed by atoms with Gasteiger partial charge in [-0.1, -0.05) is 30.0 Å². The smallest absolute Gasteiger partial charge is 0.238 e. The van der Waals surface area contributed by atoms with Gasteiger partial charge in [0.25, 0.3) is 0 Å². The molecule has 4 rings (SSSR count). The zero-order valence-corrected chi connectivity index (χ0v) is 17.1. The Hall–Kier alpha value is -2.73. The molecule has 2 saturated heterocycles. The van der Waals surface area contributed by atoms with Crippen LogP contribution in [0.4, 0.5) is 4.39 Å². The van der Waals surface area contributed by atoms with Crippen molar-refractivity contribution in [3.63, 3.8) is 0 Å². The summed E-state index contributed by atoms with van der Waals surface area (Å²) in [6.07, 6.45) is 1.10. The van der Waals surface area contributed by atoms with Gasteiger partial charge in [0.1, 0.15) is 5.82 Å². The zero-order valence-electron chi connectivity index (χ0n) is 16.3. The number of fused-ring (bicyclic) bond motifs is 1. The Morgan fingerprint density at radius 3 is 2.47 bits per heavy atom. The van der Waals surface area contributed by atoms with Gasteiger partial charge in [0.05, 0.1) is 31.5 Å². The second-order valence-electron chi connectivity index (χ2n) is 7.58. The third-order valence-electron chi connectivity index (χ3n) is 5.66. The topological polar surface area (TPSA) is 77.9 Å². The van der Waals surface area contributed by atoms with Crippen LogP contribution in [0.5, 0.6) is 0 Å². The van der Waals surface area contributed by atoms with Crippen LogP contribution in [-0.2, 0) is 14.8 Å². The summed E-state index contributed by atoms with van der Waals surface area (Å²) in [5.41, 5.74) is 2.24. The lowest BCUT2D eigenvalue weighted by Gasteiger charge is -2.58. The maximum atomic E-state index is 13.3. The maximum Gasteiger partial charge on any atom is 0.238 e. The Balaban J connectivity index is 1.55. The number of aliphatic hydroxyl groups is 1. The van der Waals surface area contributed by atoms with E-state index in [0.717, 1.165) is 17.4 Å². The van der Waals surface area contributed by atoms with E-state index in [0.29, 0.717) is 5.56 Å². The van der Waals surface area contributed by atoms with E-state index in [9.17, 15) is 22.7 Å². The molecular formula is C22H21FN2O4S. The molecular weight excluding hydrogens is 407 g/mol. The first-order valence-corrected chi connectivity index (χ1v) is 11.4. The number of sulfonamides is 1. The first-order valence-electron chi connectivity index (χ1n) is 9.52. The molecule has 2 fully saturated rings. The van der Waals surface area contributed by atoms with Crippen molar-refractivity contribution in [2.75, 3.05) is 26.0 Å². The number of benzene rings is 2. The number of carbonyl (C=O) groups excluding carboxylic acids is 1. The summed E-state index contributed by atoms with van der Waals surface area (Å²) >= 11 is 0. The van der Waals surface area contributed by atoms with Crippen LogP contribution in [0.15, 0.2) is 48.5 Å². The largest absolute Gasteiger partial charge is 0.394 e. The average molecular weight is 428 g/mol. The molecule has 0 aromatic heterocycles. The number of piperazine rings is 1. The molecule has 156 valence electrons. The predicted molar refractivity (Wildman–Crippen MR) is 109 cm³/mol. The molecule has 1 N–H and O–H groups in total. The second-order valence-corrected chi connectivity index (χ2v) is 9.56. The first kappa shape index (κ1) is 20.5. The van der Waals surface area contributed by atoms with Gasteiger partial charge < -0.3 is 10.0 Å². The number of nitrogens with zero attached hydrogens (tertiary/aromatic N) is 2. The summed E-state index contributed by atoms with van der Waals surface area (Å²) in [5, 5.41) is 9.81. The van der Waals surface area contributed by atoms with Crippen LogP contribution >= 0.6 is 0 Å². The van der Waals surface area contributed by atoms with Crippen molar-refractivity contribution in [3.05, 3.63) is 71.0 Å². The molecule has 8 heteroatoms. The number of aliphatic hydroxyl groups excluding tert-OH is 1. The van der Waals surface area contributed by atoms with Crippen LogP contribution < -0.4 is 0 Å². The third-order valence-corrected chi connectivity index (χ3v) is 6.88.